The van der Waals surface area contributed by atoms with Crippen molar-refractivity contribution in [2.45, 2.75) is 19.3 Å². The summed E-state index contributed by atoms with van der Waals surface area (Å²) in [6.07, 6.45) is 1.26. The van der Waals surface area contributed by atoms with Crippen molar-refractivity contribution in [3.63, 3.8) is 0 Å². The third kappa shape index (κ3) is 2.95. The number of nitrogens with zero attached hydrogens (tertiary/aromatic N) is 1. The van der Waals surface area contributed by atoms with Crippen LogP contribution >= 0.6 is 11.3 Å². The van der Waals surface area contributed by atoms with Gasteiger partial charge in [-0.15, -0.1) is 11.3 Å². The summed E-state index contributed by atoms with van der Waals surface area (Å²) in [7, 11) is 4.25. The molecule has 0 aliphatic carbocycles. The van der Waals surface area contributed by atoms with E-state index in [1.165, 1.54) is 17.8 Å². The summed E-state index contributed by atoms with van der Waals surface area (Å²) in [6.45, 7) is 3.48. The lowest BCUT2D eigenvalue weighted by Crippen LogP contribution is -2.14. The molecule has 0 fully saturated rings. The molecule has 0 saturated heterocycles. The first-order chi connectivity index (χ1) is 5.70. The first-order valence-corrected chi connectivity index (χ1v) is 5.26. The Balaban J connectivity index is 2.34. The predicted molar refractivity (Wildman–Crippen MR) is 55.9 cm³/mol. The molecular weight excluding hydrogens is 166 g/mol. The van der Waals surface area contributed by atoms with E-state index in [1.807, 2.05) is 11.3 Å². The molecule has 0 saturated carbocycles. The molecule has 0 radical (unpaired) electrons. The van der Waals surface area contributed by atoms with Crippen LogP contribution in [0.3, 0.4) is 0 Å². The Kier molecular flexibility index (Phi) is 3.76. The van der Waals surface area contributed by atoms with Crippen LogP contribution < -0.4 is 0 Å². The minimum absolute atomic E-state index is 0.715. The number of thiophene rings is 1. The number of rotatable bonds is 4. The Labute approximate surface area is 79.0 Å². The van der Waals surface area contributed by atoms with Crippen molar-refractivity contribution in [1.82, 2.24) is 4.90 Å². The van der Waals surface area contributed by atoms with E-state index < -0.39 is 0 Å². The second-order valence-electron chi connectivity index (χ2n) is 3.51. The van der Waals surface area contributed by atoms with E-state index in [0.717, 1.165) is 0 Å². The van der Waals surface area contributed by atoms with Crippen molar-refractivity contribution >= 4 is 11.3 Å². The van der Waals surface area contributed by atoms with Gasteiger partial charge in [0.2, 0.25) is 0 Å². The summed E-state index contributed by atoms with van der Waals surface area (Å²) in [5.41, 5.74) is 0. The molecule has 12 heavy (non-hydrogen) atoms. The SMILES string of the molecule is C[C@@H](CCN(C)C)c1cccs1. The molecular formula is C10H17NS. The summed E-state index contributed by atoms with van der Waals surface area (Å²) < 4.78 is 0. The van der Waals surface area contributed by atoms with Gasteiger partial charge in [0.1, 0.15) is 0 Å². The Morgan fingerprint density at radius 1 is 1.50 bits per heavy atom. The fourth-order valence-electron chi connectivity index (χ4n) is 1.17. The molecule has 0 aliphatic rings. The summed E-state index contributed by atoms with van der Waals surface area (Å²) >= 11 is 1.86. The van der Waals surface area contributed by atoms with E-state index in [9.17, 15) is 0 Å². The molecule has 2 heteroatoms. The van der Waals surface area contributed by atoms with Crippen LogP contribution in [0, 0.1) is 0 Å². The summed E-state index contributed by atoms with van der Waals surface area (Å²) in [5, 5.41) is 2.15. The fraction of sp³-hybridized carbons (Fsp3) is 0.600. The first-order valence-electron chi connectivity index (χ1n) is 4.38. The van der Waals surface area contributed by atoms with Gasteiger partial charge in [0.05, 0.1) is 0 Å². The van der Waals surface area contributed by atoms with Gasteiger partial charge in [-0.1, -0.05) is 13.0 Å². The first kappa shape index (κ1) is 9.75. The van der Waals surface area contributed by atoms with Crippen LogP contribution in [0.25, 0.3) is 0 Å². The van der Waals surface area contributed by atoms with Crippen LogP contribution in [0.4, 0.5) is 0 Å². The molecule has 0 amide bonds. The van der Waals surface area contributed by atoms with Gasteiger partial charge < -0.3 is 4.90 Å². The monoisotopic (exact) mass is 183 g/mol. The van der Waals surface area contributed by atoms with E-state index in [4.69, 9.17) is 0 Å². The Hall–Kier alpha value is -0.340. The van der Waals surface area contributed by atoms with Crippen molar-refractivity contribution in [3.8, 4) is 0 Å². The van der Waals surface area contributed by atoms with Gasteiger partial charge in [-0.05, 0) is 44.4 Å². The van der Waals surface area contributed by atoms with Gasteiger partial charge in [0.25, 0.3) is 0 Å². The highest BCUT2D eigenvalue weighted by Crippen LogP contribution is 2.23. The van der Waals surface area contributed by atoms with Gasteiger partial charge >= 0.3 is 0 Å². The van der Waals surface area contributed by atoms with Gasteiger partial charge in [-0.3, -0.25) is 0 Å². The van der Waals surface area contributed by atoms with Crippen LogP contribution in [0.1, 0.15) is 24.1 Å². The Morgan fingerprint density at radius 3 is 2.75 bits per heavy atom. The lowest BCUT2D eigenvalue weighted by Gasteiger charge is -2.13. The van der Waals surface area contributed by atoms with Crippen molar-refractivity contribution in [2.75, 3.05) is 20.6 Å². The van der Waals surface area contributed by atoms with Crippen LogP contribution in [-0.4, -0.2) is 25.5 Å². The van der Waals surface area contributed by atoms with Crippen LogP contribution in [0.5, 0.6) is 0 Å². The van der Waals surface area contributed by atoms with Gasteiger partial charge in [0, 0.05) is 4.88 Å². The zero-order valence-electron chi connectivity index (χ0n) is 8.08. The summed E-state index contributed by atoms with van der Waals surface area (Å²) in [5.74, 6) is 0.715. The van der Waals surface area contributed by atoms with E-state index in [1.54, 1.807) is 0 Å². The quantitative estimate of drug-likeness (QED) is 0.694. The maximum absolute atomic E-state index is 2.30. The smallest absolute Gasteiger partial charge is 0.00739 e. The molecule has 1 heterocycles. The zero-order valence-corrected chi connectivity index (χ0v) is 8.90. The highest BCUT2D eigenvalue weighted by Gasteiger charge is 2.05. The van der Waals surface area contributed by atoms with E-state index >= 15 is 0 Å². The van der Waals surface area contributed by atoms with Crippen molar-refractivity contribution in [1.29, 1.82) is 0 Å². The van der Waals surface area contributed by atoms with Gasteiger partial charge in [-0.25, -0.2) is 0 Å². The largest absolute Gasteiger partial charge is 0.309 e. The number of hydrogen-bond acceptors (Lipinski definition) is 2. The molecule has 1 nitrogen and oxygen atoms in total. The lowest BCUT2D eigenvalue weighted by molar-refractivity contribution is 0.387. The average Bonchev–Trinajstić information content (AvgIpc) is 2.51. The van der Waals surface area contributed by atoms with Crippen molar-refractivity contribution in [3.05, 3.63) is 22.4 Å². The standard InChI is InChI=1S/C10H17NS/c1-9(6-7-11(2)3)10-5-4-8-12-10/h4-5,8-9H,6-7H2,1-3H3/t9-/m0/s1. The van der Waals surface area contributed by atoms with E-state index in [2.05, 4.69) is 43.4 Å². The fourth-order valence-corrected chi connectivity index (χ4v) is 1.99. The zero-order chi connectivity index (χ0) is 8.97. The second kappa shape index (κ2) is 4.63. The molecule has 0 aromatic carbocycles. The topological polar surface area (TPSA) is 3.24 Å². The molecule has 1 rings (SSSR count). The van der Waals surface area contributed by atoms with Crippen LogP contribution in [-0.2, 0) is 0 Å². The Bertz CT molecular complexity index is 204. The average molecular weight is 183 g/mol. The van der Waals surface area contributed by atoms with Gasteiger partial charge in [-0.2, -0.15) is 0 Å². The summed E-state index contributed by atoms with van der Waals surface area (Å²) in [6, 6.07) is 4.36. The maximum atomic E-state index is 2.30. The van der Waals surface area contributed by atoms with Crippen LogP contribution in [0.15, 0.2) is 17.5 Å². The molecule has 0 spiro atoms. The maximum Gasteiger partial charge on any atom is 0.00739 e. The third-order valence-corrected chi connectivity index (χ3v) is 3.14. The van der Waals surface area contributed by atoms with E-state index in [0.29, 0.717) is 5.92 Å². The van der Waals surface area contributed by atoms with Crippen molar-refractivity contribution in [2.24, 2.45) is 0 Å². The molecule has 68 valence electrons. The Morgan fingerprint density at radius 2 is 2.25 bits per heavy atom. The molecule has 0 N–H and O–H groups in total. The minimum atomic E-state index is 0.715. The lowest BCUT2D eigenvalue weighted by atomic mass is 10.1. The predicted octanol–water partition coefficient (Wildman–Crippen LogP) is 2.80. The molecule has 1 atom stereocenters. The summed E-state index contributed by atoms with van der Waals surface area (Å²) in [4.78, 5) is 3.75. The van der Waals surface area contributed by atoms with Crippen molar-refractivity contribution < 1.29 is 0 Å². The third-order valence-electron chi connectivity index (χ3n) is 2.04. The highest BCUT2D eigenvalue weighted by atomic mass is 32.1. The molecule has 0 aliphatic heterocycles. The number of hydrogen-bond donors (Lipinski definition) is 0. The molecule has 1 aromatic heterocycles. The molecule has 1 aromatic rings. The highest BCUT2D eigenvalue weighted by molar-refractivity contribution is 7.10. The van der Waals surface area contributed by atoms with E-state index in [-0.39, 0.29) is 0 Å². The van der Waals surface area contributed by atoms with Gasteiger partial charge in [0.15, 0.2) is 0 Å². The molecule has 0 bridgehead atoms. The minimum Gasteiger partial charge on any atom is -0.309 e. The molecule has 0 unspecified atom stereocenters. The van der Waals surface area contributed by atoms with Crippen LogP contribution in [0.2, 0.25) is 0 Å². The second-order valence-corrected chi connectivity index (χ2v) is 4.49. The normalized spacial score (nSPS) is 13.7.